The van der Waals surface area contributed by atoms with Crippen LogP contribution in [-0.2, 0) is 14.3 Å². The Morgan fingerprint density at radius 3 is 2.42 bits per heavy atom. The third-order valence-electron chi connectivity index (χ3n) is 4.16. The van der Waals surface area contributed by atoms with Gasteiger partial charge in [0, 0.05) is 17.6 Å². The molecule has 1 unspecified atom stereocenters. The average Bonchev–Trinajstić information content (AvgIpc) is 2.98. The van der Waals surface area contributed by atoms with Gasteiger partial charge < -0.3 is 14.2 Å². The minimum absolute atomic E-state index is 0.0982. The minimum atomic E-state index is -4.80. The molecule has 0 aromatic heterocycles. The number of esters is 1. The molecule has 0 bridgehead atoms. The molecule has 0 fully saturated rings. The van der Waals surface area contributed by atoms with Crippen molar-refractivity contribution in [3.63, 3.8) is 0 Å². The lowest BCUT2D eigenvalue weighted by Gasteiger charge is -2.30. The smallest absolute Gasteiger partial charge is 0.428 e. The Kier molecular flexibility index (Phi) is 5.48. The molecule has 0 saturated carbocycles. The van der Waals surface area contributed by atoms with E-state index < -0.39 is 53.7 Å². The summed E-state index contributed by atoms with van der Waals surface area (Å²) < 4.78 is 82.8. The van der Waals surface area contributed by atoms with E-state index >= 15 is 0 Å². The zero-order chi connectivity index (χ0) is 19.7. The topological polar surface area (TPSA) is 44.8 Å². The highest BCUT2D eigenvalue weighted by atomic mass is 19.4. The van der Waals surface area contributed by atoms with E-state index in [1.54, 1.807) is 0 Å². The van der Waals surface area contributed by atoms with Crippen molar-refractivity contribution in [1.29, 1.82) is 0 Å². The summed E-state index contributed by atoms with van der Waals surface area (Å²) >= 11 is 0. The van der Waals surface area contributed by atoms with Gasteiger partial charge in [-0.15, -0.1) is 0 Å². The second kappa shape index (κ2) is 7.13. The molecule has 0 aliphatic carbocycles. The van der Waals surface area contributed by atoms with Gasteiger partial charge in [0.2, 0.25) is 17.2 Å². The summed E-state index contributed by atoms with van der Waals surface area (Å²) in [7, 11) is 1.04. The zero-order valence-corrected chi connectivity index (χ0v) is 14.3. The Bertz CT molecular complexity index is 741. The highest BCUT2D eigenvalue weighted by molar-refractivity contribution is 5.97. The lowest BCUT2D eigenvalue weighted by Crippen LogP contribution is -2.44. The molecule has 1 aliphatic heterocycles. The molecule has 0 radical (unpaired) electrons. The quantitative estimate of drug-likeness (QED) is 0.562. The maximum Gasteiger partial charge on any atom is 0.428 e. The van der Waals surface area contributed by atoms with Crippen LogP contribution in [0, 0.1) is 11.6 Å². The molecule has 1 aliphatic rings. The lowest BCUT2D eigenvalue weighted by atomic mass is 9.89. The summed E-state index contributed by atoms with van der Waals surface area (Å²) in [6.45, 7) is 2.63. The normalized spacial score (nSPS) is 20.2. The van der Waals surface area contributed by atoms with E-state index in [-0.39, 0.29) is 17.7 Å². The van der Waals surface area contributed by atoms with Crippen molar-refractivity contribution >= 4 is 11.5 Å². The predicted molar refractivity (Wildman–Crippen MR) is 81.2 cm³/mol. The van der Waals surface area contributed by atoms with Crippen molar-refractivity contribution in [2.24, 2.45) is 0 Å². The van der Waals surface area contributed by atoms with Gasteiger partial charge in [0.25, 0.3) is 0 Å². The van der Waals surface area contributed by atoms with Crippen LogP contribution in [0.4, 0.5) is 22.0 Å². The first-order valence-electron chi connectivity index (χ1n) is 7.80. The van der Waals surface area contributed by atoms with E-state index in [1.807, 2.05) is 0 Å². The van der Waals surface area contributed by atoms with Gasteiger partial charge in [-0.1, -0.05) is 6.92 Å². The molecule has 4 nitrogen and oxygen atoms in total. The largest absolute Gasteiger partial charge is 0.493 e. The van der Waals surface area contributed by atoms with E-state index in [0.717, 1.165) is 19.2 Å². The van der Waals surface area contributed by atoms with Gasteiger partial charge in [0.1, 0.15) is 0 Å². The molecular formula is C17H17F5O4. The SMILES string of the molecule is CCOC(=O)C1=C(c2ccc(F)c(F)c2OC)CC(CC)(C(F)(F)F)O1. The van der Waals surface area contributed by atoms with E-state index in [4.69, 9.17) is 14.2 Å². The molecule has 0 N–H and O–H groups in total. The van der Waals surface area contributed by atoms with Crippen molar-refractivity contribution in [3.8, 4) is 5.75 Å². The highest BCUT2D eigenvalue weighted by Crippen LogP contribution is 2.51. The molecular weight excluding hydrogens is 363 g/mol. The fourth-order valence-corrected chi connectivity index (χ4v) is 2.76. The molecule has 0 amide bonds. The molecule has 9 heteroatoms. The third kappa shape index (κ3) is 3.22. The molecule has 1 atom stereocenters. The van der Waals surface area contributed by atoms with E-state index in [2.05, 4.69) is 0 Å². The molecule has 26 heavy (non-hydrogen) atoms. The van der Waals surface area contributed by atoms with Crippen LogP contribution in [0.1, 0.15) is 32.3 Å². The highest BCUT2D eigenvalue weighted by Gasteiger charge is 2.61. The number of carbonyl (C=O) groups excluding carboxylic acids is 1. The number of carbonyl (C=O) groups is 1. The maximum absolute atomic E-state index is 14.0. The Morgan fingerprint density at radius 1 is 1.27 bits per heavy atom. The Balaban J connectivity index is 2.66. The minimum Gasteiger partial charge on any atom is -0.493 e. The van der Waals surface area contributed by atoms with Crippen LogP contribution < -0.4 is 4.74 Å². The Hall–Kier alpha value is -2.32. The summed E-state index contributed by atoms with van der Waals surface area (Å²) in [6, 6.07) is 1.78. The number of rotatable bonds is 5. The number of hydrogen-bond acceptors (Lipinski definition) is 4. The predicted octanol–water partition coefficient (Wildman–Crippen LogP) is 4.38. The van der Waals surface area contributed by atoms with Crippen molar-refractivity contribution in [2.45, 2.75) is 38.5 Å². The number of benzene rings is 1. The van der Waals surface area contributed by atoms with Crippen LogP contribution in [0.3, 0.4) is 0 Å². The number of halogens is 5. The van der Waals surface area contributed by atoms with Gasteiger partial charge in [0.05, 0.1) is 13.7 Å². The monoisotopic (exact) mass is 380 g/mol. The first kappa shape index (κ1) is 20.0. The van der Waals surface area contributed by atoms with Gasteiger partial charge >= 0.3 is 12.1 Å². The van der Waals surface area contributed by atoms with E-state index in [9.17, 15) is 26.7 Å². The van der Waals surface area contributed by atoms with E-state index in [0.29, 0.717) is 0 Å². The fraction of sp³-hybridized carbons (Fsp3) is 0.471. The summed E-state index contributed by atoms with van der Waals surface area (Å²) in [5.74, 6) is -5.02. The van der Waals surface area contributed by atoms with Crippen molar-refractivity contribution in [1.82, 2.24) is 0 Å². The summed E-state index contributed by atoms with van der Waals surface area (Å²) in [5.41, 5.74) is -3.12. The Labute approximate surface area is 146 Å². The van der Waals surface area contributed by atoms with Crippen LogP contribution in [0.2, 0.25) is 0 Å². The van der Waals surface area contributed by atoms with Crippen LogP contribution in [0.25, 0.3) is 5.57 Å². The van der Waals surface area contributed by atoms with Gasteiger partial charge in [-0.3, -0.25) is 0 Å². The standard InChI is InChI=1S/C17H17F5O4/c1-4-16(17(20,21)22)8-10(14(26-16)15(23)25-5-2)9-6-7-11(18)12(19)13(9)24-3/h6-7H,4-5,8H2,1-3H3. The summed E-state index contributed by atoms with van der Waals surface area (Å²) in [4.78, 5) is 12.1. The first-order valence-corrected chi connectivity index (χ1v) is 7.80. The van der Waals surface area contributed by atoms with Gasteiger partial charge in [0.15, 0.2) is 11.6 Å². The third-order valence-corrected chi connectivity index (χ3v) is 4.16. The van der Waals surface area contributed by atoms with Gasteiger partial charge in [-0.25, -0.2) is 9.18 Å². The average molecular weight is 380 g/mol. The molecule has 0 spiro atoms. The first-order chi connectivity index (χ1) is 12.1. The van der Waals surface area contributed by atoms with Gasteiger partial charge in [-0.05, 0) is 25.5 Å². The van der Waals surface area contributed by atoms with Crippen molar-refractivity contribution in [2.75, 3.05) is 13.7 Å². The van der Waals surface area contributed by atoms with Crippen LogP contribution in [-0.4, -0.2) is 31.5 Å². The molecule has 2 rings (SSSR count). The maximum atomic E-state index is 14.0. The lowest BCUT2D eigenvalue weighted by molar-refractivity contribution is -0.259. The fourth-order valence-electron chi connectivity index (χ4n) is 2.76. The molecule has 1 heterocycles. The van der Waals surface area contributed by atoms with Crippen molar-refractivity contribution < 1.29 is 41.0 Å². The number of alkyl halides is 3. The summed E-state index contributed by atoms with van der Waals surface area (Å²) in [5, 5.41) is 0. The molecule has 1 aromatic rings. The van der Waals surface area contributed by atoms with Crippen molar-refractivity contribution in [3.05, 3.63) is 35.1 Å². The number of hydrogen-bond donors (Lipinski definition) is 0. The molecule has 1 aromatic carbocycles. The van der Waals surface area contributed by atoms with Gasteiger partial charge in [-0.2, -0.15) is 17.6 Å². The van der Waals surface area contributed by atoms with E-state index in [1.165, 1.54) is 13.8 Å². The van der Waals surface area contributed by atoms with Crippen LogP contribution >= 0.6 is 0 Å². The number of methoxy groups -OCH3 is 1. The second-order valence-corrected chi connectivity index (χ2v) is 5.59. The molecule has 0 saturated heterocycles. The summed E-state index contributed by atoms with van der Waals surface area (Å²) in [6.07, 6.45) is -6.05. The Morgan fingerprint density at radius 2 is 1.92 bits per heavy atom. The zero-order valence-electron chi connectivity index (χ0n) is 14.3. The van der Waals surface area contributed by atoms with Crippen LogP contribution in [0.5, 0.6) is 5.75 Å². The van der Waals surface area contributed by atoms with Crippen LogP contribution in [0.15, 0.2) is 17.9 Å². The number of ether oxygens (including phenoxy) is 3. The molecule has 144 valence electrons. The second-order valence-electron chi connectivity index (χ2n) is 5.59.